The van der Waals surface area contributed by atoms with Gasteiger partial charge in [0.1, 0.15) is 0 Å². The van der Waals surface area contributed by atoms with Crippen molar-refractivity contribution in [2.45, 2.75) is 26.7 Å². The number of hydrogen-bond acceptors (Lipinski definition) is 4. The lowest BCUT2D eigenvalue weighted by atomic mass is 9.85. The van der Waals surface area contributed by atoms with E-state index in [-0.39, 0.29) is 12.8 Å². The molecule has 0 aliphatic heterocycles. The smallest absolute Gasteiger partial charge is 0.335 e. The number of nitrogens with zero attached hydrogens (tertiary/aromatic N) is 1. The second kappa shape index (κ2) is 6.19. The van der Waals surface area contributed by atoms with Gasteiger partial charge in [-0.05, 0) is 5.41 Å². The first kappa shape index (κ1) is 15.4. The minimum Gasteiger partial charge on any atom is -0.481 e. The standard InChI is InChI=1S/C10H19N3O4/c1-10(2,6-8(15)16)5-7(14)11-9(17)12-13(3)4/h5-6H2,1-4H3,(H,15,16)(H2,11,12,14,17). The van der Waals surface area contributed by atoms with Crippen LogP contribution in [0.4, 0.5) is 4.79 Å². The molecule has 0 aliphatic rings. The van der Waals surface area contributed by atoms with Gasteiger partial charge in [-0.25, -0.2) is 9.80 Å². The summed E-state index contributed by atoms with van der Waals surface area (Å²) in [5.74, 6) is -1.48. The Morgan fingerprint density at radius 2 is 1.71 bits per heavy atom. The predicted octanol–water partition coefficient (Wildman–Crippen LogP) is 0.180. The van der Waals surface area contributed by atoms with Gasteiger partial charge < -0.3 is 5.11 Å². The molecule has 7 nitrogen and oxygen atoms in total. The van der Waals surface area contributed by atoms with Crippen molar-refractivity contribution in [1.82, 2.24) is 15.8 Å². The Labute approximate surface area is 100 Å². The highest BCUT2D eigenvalue weighted by atomic mass is 16.4. The number of carboxylic acids is 1. The van der Waals surface area contributed by atoms with Gasteiger partial charge in [-0.15, -0.1) is 0 Å². The zero-order valence-electron chi connectivity index (χ0n) is 10.5. The van der Waals surface area contributed by atoms with Gasteiger partial charge in [0.2, 0.25) is 5.91 Å². The van der Waals surface area contributed by atoms with Crippen LogP contribution in [0.15, 0.2) is 0 Å². The first-order valence-corrected chi connectivity index (χ1v) is 5.12. The minimum atomic E-state index is -0.972. The molecular formula is C10H19N3O4. The highest BCUT2D eigenvalue weighted by Gasteiger charge is 2.25. The maximum atomic E-state index is 11.4. The maximum absolute atomic E-state index is 11.4. The summed E-state index contributed by atoms with van der Waals surface area (Å²) in [4.78, 5) is 33.2. The summed E-state index contributed by atoms with van der Waals surface area (Å²) < 4.78 is 0. The molecule has 0 saturated carbocycles. The van der Waals surface area contributed by atoms with Crippen molar-refractivity contribution in [3.63, 3.8) is 0 Å². The van der Waals surface area contributed by atoms with Crippen molar-refractivity contribution in [3.05, 3.63) is 0 Å². The quantitative estimate of drug-likeness (QED) is 0.600. The monoisotopic (exact) mass is 245 g/mol. The van der Waals surface area contributed by atoms with Crippen molar-refractivity contribution in [2.75, 3.05) is 14.1 Å². The number of amides is 3. The van der Waals surface area contributed by atoms with Gasteiger partial charge in [-0.3, -0.25) is 20.3 Å². The Hall–Kier alpha value is -1.63. The van der Waals surface area contributed by atoms with E-state index in [1.807, 2.05) is 0 Å². The van der Waals surface area contributed by atoms with Crippen LogP contribution in [-0.4, -0.2) is 42.1 Å². The van der Waals surface area contributed by atoms with Crippen molar-refractivity contribution in [1.29, 1.82) is 0 Å². The van der Waals surface area contributed by atoms with Gasteiger partial charge in [0.05, 0.1) is 6.42 Å². The van der Waals surface area contributed by atoms with Crippen LogP contribution in [0.3, 0.4) is 0 Å². The van der Waals surface area contributed by atoms with Crippen molar-refractivity contribution >= 4 is 17.9 Å². The molecule has 17 heavy (non-hydrogen) atoms. The molecule has 0 fully saturated rings. The molecule has 0 atom stereocenters. The summed E-state index contributed by atoms with van der Waals surface area (Å²) in [6.45, 7) is 3.31. The molecule has 0 aromatic rings. The number of nitrogens with one attached hydrogen (secondary N) is 2. The van der Waals surface area contributed by atoms with Crippen LogP contribution in [0.1, 0.15) is 26.7 Å². The van der Waals surface area contributed by atoms with E-state index in [0.29, 0.717) is 0 Å². The molecule has 0 saturated heterocycles. The van der Waals surface area contributed by atoms with E-state index in [2.05, 4.69) is 10.7 Å². The van der Waals surface area contributed by atoms with Crippen molar-refractivity contribution < 1.29 is 19.5 Å². The average Bonchev–Trinajstić information content (AvgIpc) is 1.95. The molecule has 3 amide bonds. The normalized spacial score (nSPS) is 11.1. The van der Waals surface area contributed by atoms with E-state index in [1.165, 1.54) is 5.01 Å². The van der Waals surface area contributed by atoms with Gasteiger partial charge in [-0.1, -0.05) is 13.8 Å². The fourth-order valence-electron chi connectivity index (χ4n) is 1.31. The van der Waals surface area contributed by atoms with E-state index in [9.17, 15) is 14.4 Å². The molecule has 3 N–H and O–H groups in total. The van der Waals surface area contributed by atoms with Gasteiger partial charge in [0.25, 0.3) is 0 Å². The molecule has 0 heterocycles. The number of urea groups is 1. The van der Waals surface area contributed by atoms with Crippen LogP contribution in [0.5, 0.6) is 0 Å². The van der Waals surface area contributed by atoms with Gasteiger partial charge in [-0.2, -0.15) is 0 Å². The summed E-state index contributed by atoms with van der Waals surface area (Å²) >= 11 is 0. The summed E-state index contributed by atoms with van der Waals surface area (Å²) in [6, 6.07) is -0.633. The second-order valence-corrected chi connectivity index (χ2v) is 4.80. The highest BCUT2D eigenvalue weighted by molar-refractivity contribution is 5.94. The number of aliphatic carboxylic acids is 1. The second-order valence-electron chi connectivity index (χ2n) is 4.80. The average molecular weight is 245 g/mol. The van der Waals surface area contributed by atoms with Gasteiger partial charge in [0.15, 0.2) is 0 Å². The third-order valence-corrected chi connectivity index (χ3v) is 1.85. The zero-order chi connectivity index (χ0) is 13.6. The van der Waals surface area contributed by atoms with E-state index >= 15 is 0 Å². The van der Waals surface area contributed by atoms with E-state index in [1.54, 1.807) is 27.9 Å². The van der Waals surface area contributed by atoms with E-state index in [4.69, 9.17) is 5.11 Å². The lowest BCUT2D eigenvalue weighted by Gasteiger charge is -2.21. The Balaban J connectivity index is 4.17. The first-order chi connectivity index (χ1) is 7.62. The van der Waals surface area contributed by atoms with Crippen molar-refractivity contribution in [2.24, 2.45) is 5.41 Å². The number of imide groups is 1. The summed E-state index contributed by atoms with van der Waals surface area (Å²) in [6.07, 6.45) is -0.157. The first-order valence-electron chi connectivity index (χ1n) is 5.12. The number of hydrazine groups is 1. The zero-order valence-corrected chi connectivity index (χ0v) is 10.5. The van der Waals surface area contributed by atoms with Crippen LogP contribution >= 0.6 is 0 Å². The SMILES string of the molecule is CN(C)NC(=O)NC(=O)CC(C)(C)CC(=O)O. The summed E-state index contributed by atoms with van der Waals surface area (Å²) in [5.41, 5.74) is 1.66. The van der Waals surface area contributed by atoms with Gasteiger partial charge in [0, 0.05) is 20.5 Å². The molecule has 0 radical (unpaired) electrons. The van der Waals surface area contributed by atoms with Crippen LogP contribution in [-0.2, 0) is 9.59 Å². The number of carbonyl (C=O) groups excluding carboxylic acids is 2. The third kappa shape index (κ3) is 8.21. The fourth-order valence-corrected chi connectivity index (χ4v) is 1.31. The Kier molecular flexibility index (Phi) is 5.60. The highest BCUT2D eigenvalue weighted by Crippen LogP contribution is 2.24. The summed E-state index contributed by atoms with van der Waals surface area (Å²) in [5, 5.41) is 12.2. The molecular weight excluding hydrogens is 226 g/mol. The van der Waals surface area contributed by atoms with Crippen LogP contribution in [0.2, 0.25) is 0 Å². The molecule has 98 valence electrons. The molecule has 0 rings (SSSR count). The van der Waals surface area contributed by atoms with Crippen LogP contribution in [0.25, 0.3) is 0 Å². The molecule has 0 bridgehead atoms. The van der Waals surface area contributed by atoms with E-state index < -0.39 is 23.3 Å². The lowest BCUT2D eigenvalue weighted by molar-refractivity contribution is -0.139. The maximum Gasteiger partial charge on any atom is 0.335 e. The Bertz CT molecular complexity index is 313. The number of carbonyl (C=O) groups is 3. The molecule has 0 aliphatic carbocycles. The molecule has 0 aromatic heterocycles. The topological polar surface area (TPSA) is 98.7 Å². The van der Waals surface area contributed by atoms with Gasteiger partial charge >= 0.3 is 12.0 Å². The number of carboxylic acid groups (broad SMARTS) is 1. The lowest BCUT2D eigenvalue weighted by Crippen LogP contribution is -2.46. The van der Waals surface area contributed by atoms with Crippen molar-refractivity contribution in [3.8, 4) is 0 Å². The Morgan fingerprint density at radius 1 is 1.18 bits per heavy atom. The minimum absolute atomic E-state index is 0.0276. The Morgan fingerprint density at radius 3 is 2.12 bits per heavy atom. The number of rotatable bonds is 5. The van der Waals surface area contributed by atoms with Crippen LogP contribution < -0.4 is 10.7 Å². The number of hydrogen-bond donors (Lipinski definition) is 3. The molecule has 0 unspecified atom stereocenters. The predicted molar refractivity (Wildman–Crippen MR) is 61.0 cm³/mol. The molecule has 0 spiro atoms. The largest absolute Gasteiger partial charge is 0.481 e. The fraction of sp³-hybridized carbons (Fsp3) is 0.700. The molecule has 7 heteroatoms. The van der Waals surface area contributed by atoms with E-state index in [0.717, 1.165) is 0 Å². The molecule has 0 aromatic carbocycles. The summed E-state index contributed by atoms with van der Waals surface area (Å²) in [7, 11) is 3.22. The third-order valence-electron chi connectivity index (χ3n) is 1.85. The van der Waals surface area contributed by atoms with Crippen LogP contribution in [0, 0.1) is 5.41 Å².